The summed E-state index contributed by atoms with van der Waals surface area (Å²) >= 11 is 0. The molecule has 0 fully saturated rings. The maximum absolute atomic E-state index is 2.58. The lowest BCUT2D eigenvalue weighted by Gasteiger charge is -2.34. The zero-order valence-corrected chi connectivity index (χ0v) is 37.9. The molecule has 314 valence electrons. The van der Waals surface area contributed by atoms with Crippen molar-refractivity contribution in [3.8, 4) is 44.5 Å². The molecule has 3 aliphatic rings. The fraction of sp³-hybridized carbons (Fsp3) is 0.121. The second-order valence-electron chi connectivity index (χ2n) is 19.9. The number of rotatable bonds is 6. The lowest BCUT2D eigenvalue weighted by molar-refractivity contribution is 0.660. The van der Waals surface area contributed by atoms with Gasteiger partial charge in [0.25, 0.3) is 0 Å². The number of hydrogen-bond acceptors (Lipinski definition) is 0. The van der Waals surface area contributed by atoms with Crippen molar-refractivity contribution in [1.29, 1.82) is 0 Å². The Kier molecular flexibility index (Phi) is 8.38. The van der Waals surface area contributed by atoms with Gasteiger partial charge in [-0.2, -0.15) is 0 Å². The first-order valence-electron chi connectivity index (χ1n) is 23.6. The molecule has 10 aromatic carbocycles. The van der Waals surface area contributed by atoms with Crippen molar-refractivity contribution in [2.45, 2.75) is 49.9 Å². The van der Waals surface area contributed by atoms with Gasteiger partial charge in [-0.1, -0.05) is 240 Å². The van der Waals surface area contributed by atoms with E-state index >= 15 is 0 Å². The highest BCUT2D eigenvalue weighted by molar-refractivity contribution is 6.00. The largest absolute Gasteiger partial charge is 0.0713 e. The molecule has 0 bridgehead atoms. The van der Waals surface area contributed by atoms with Crippen molar-refractivity contribution in [3.63, 3.8) is 0 Å². The SMILES string of the molecule is CC1(C)c2ccccc2-c2cc(-c3ccc(C(c4ccc5c(c4)C(c4ccccc4)(c4ccccc4)c4ccccc4-5)c4cc5ccccc5c5c4-c4ccccc4C5(C)C)cc3)ccc21. The third-order valence-corrected chi connectivity index (χ3v) is 15.9. The van der Waals surface area contributed by atoms with Gasteiger partial charge in [0.15, 0.2) is 0 Å². The Morgan fingerprint density at radius 3 is 1.55 bits per heavy atom. The number of hydrogen-bond donors (Lipinski definition) is 0. The molecule has 66 heavy (non-hydrogen) atoms. The summed E-state index contributed by atoms with van der Waals surface area (Å²) in [6.45, 7) is 9.57. The molecule has 3 aliphatic carbocycles. The first-order chi connectivity index (χ1) is 32.3. The molecule has 0 N–H and O–H groups in total. The van der Waals surface area contributed by atoms with Gasteiger partial charge in [-0.15, -0.1) is 0 Å². The van der Waals surface area contributed by atoms with Gasteiger partial charge in [0.1, 0.15) is 0 Å². The van der Waals surface area contributed by atoms with Crippen molar-refractivity contribution in [2.24, 2.45) is 0 Å². The number of benzene rings is 10. The quantitative estimate of drug-likeness (QED) is 0.146. The molecule has 0 aromatic heterocycles. The second-order valence-corrected chi connectivity index (χ2v) is 19.9. The fourth-order valence-electron chi connectivity index (χ4n) is 12.9. The molecule has 0 aliphatic heterocycles. The van der Waals surface area contributed by atoms with Crippen molar-refractivity contribution in [2.75, 3.05) is 0 Å². The van der Waals surface area contributed by atoms with Crippen LogP contribution in [-0.4, -0.2) is 0 Å². The van der Waals surface area contributed by atoms with Crippen LogP contribution in [0.5, 0.6) is 0 Å². The zero-order chi connectivity index (χ0) is 44.4. The highest BCUT2D eigenvalue weighted by atomic mass is 14.5. The molecule has 0 saturated carbocycles. The molecule has 0 spiro atoms. The van der Waals surface area contributed by atoms with E-state index in [1.165, 1.54) is 116 Å². The molecule has 0 amide bonds. The summed E-state index contributed by atoms with van der Waals surface area (Å²) in [5.41, 5.74) is 24.6. The fourth-order valence-corrected chi connectivity index (χ4v) is 12.9. The highest BCUT2D eigenvalue weighted by Crippen LogP contribution is 2.59. The van der Waals surface area contributed by atoms with E-state index in [9.17, 15) is 0 Å². The lowest BCUT2D eigenvalue weighted by atomic mass is 9.67. The Bertz CT molecular complexity index is 3530. The first-order valence-corrected chi connectivity index (χ1v) is 23.6. The first kappa shape index (κ1) is 38.9. The minimum absolute atomic E-state index is 0.0231. The molecule has 13 rings (SSSR count). The predicted molar refractivity (Wildman–Crippen MR) is 276 cm³/mol. The highest BCUT2D eigenvalue weighted by Gasteiger charge is 2.47. The van der Waals surface area contributed by atoms with Gasteiger partial charge in [-0.3, -0.25) is 0 Å². The molecule has 0 nitrogen and oxygen atoms in total. The van der Waals surface area contributed by atoms with Crippen LogP contribution in [0.15, 0.2) is 224 Å². The van der Waals surface area contributed by atoms with Gasteiger partial charge in [-0.25, -0.2) is 0 Å². The lowest BCUT2D eigenvalue weighted by Crippen LogP contribution is -2.28. The normalized spacial score (nSPS) is 15.6. The Labute approximate surface area is 388 Å². The van der Waals surface area contributed by atoms with Gasteiger partial charge in [0.2, 0.25) is 0 Å². The van der Waals surface area contributed by atoms with Gasteiger partial charge >= 0.3 is 0 Å². The molecule has 1 atom stereocenters. The monoisotopic (exact) mass is 842 g/mol. The van der Waals surface area contributed by atoms with Crippen LogP contribution in [0, 0.1) is 0 Å². The predicted octanol–water partition coefficient (Wildman–Crippen LogP) is 16.7. The molecule has 0 heteroatoms. The Morgan fingerprint density at radius 2 is 0.848 bits per heavy atom. The molecule has 0 radical (unpaired) electrons. The van der Waals surface area contributed by atoms with E-state index in [-0.39, 0.29) is 16.7 Å². The van der Waals surface area contributed by atoms with Crippen LogP contribution in [0.4, 0.5) is 0 Å². The van der Waals surface area contributed by atoms with Crippen LogP contribution in [0.1, 0.15) is 94.8 Å². The summed E-state index contributed by atoms with van der Waals surface area (Å²) in [6, 6.07) is 85.4. The Balaban J connectivity index is 1.07. The van der Waals surface area contributed by atoms with Crippen LogP contribution < -0.4 is 0 Å². The summed E-state index contributed by atoms with van der Waals surface area (Å²) in [5, 5.41) is 2.62. The summed E-state index contributed by atoms with van der Waals surface area (Å²) in [6.07, 6.45) is 0. The maximum atomic E-state index is 2.58. The summed E-state index contributed by atoms with van der Waals surface area (Å²) in [4.78, 5) is 0. The third-order valence-electron chi connectivity index (χ3n) is 15.9. The molecule has 10 aromatic rings. The Morgan fingerprint density at radius 1 is 0.333 bits per heavy atom. The zero-order valence-electron chi connectivity index (χ0n) is 37.9. The van der Waals surface area contributed by atoms with E-state index in [1.54, 1.807) is 0 Å². The van der Waals surface area contributed by atoms with Crippen LogP contribution in [-0.2, 0) is 16.2 Å². The summed E-state index contributed by atoms with van der Waals surface area (Å²) in [7, 11) is 0. The number of fused-ring (bicyclic) bond motifs is 11. The van der Waals surface area contributed by atoms with Crippen molar-refractivity contribution >= 4 is 10.8 Å². The Hall–Kier alpha value is -7.54. The molecule has 1 unspecified atom stereocenters. The standard InChI is InChI=1S/C66H50/c1-64(2)56-28-16-13-26-51(56)54-39-44(36-38-58(54)64)42-31-33-43(34-32-42)61(55-40-45-19-11-12-24-49(45)63-62(55)53-27-15-17-29-57(53)65(63,3)4)46-35-37-52-50-25-14-18-30-59(50)66(60(52)41-46,47-20-7-5-8-21-47)48-22-9-6-10-23-48/h5-41,61H,1-4H3. The van der Waals surface area contributed by atoms with E-state index in [1.807, 2.05) is 0 Å². The van der Waals surface area contributed by atoms with E-state index in [4.69, 9.17) is 0 Å². The van der Waals surface area contributed by atoms with Crippen molar-refractivity contribution in [3.05, 3.63) is 286 Å². The second kappa shape index (κ2) is 14.2. The third kappa shape index (κ3) is 5.33. The van der Waals surface area contributed by atoms with Gasteiger partial charge in [0.05, 0.1) is 5.41 Å². The minimum atomic E-state index is -0.500. The van der Waals surface area contributed by atoms with Crippen LogP contribution in [0.2, 0.25) is 0 Å². The van der Waals surface area contributed by atoms with Gasteiger partial charge in [0, 0.05) is 16.7 Å². The van der Waals surface area contributed by atoms with E-state index < -0.39 is 5.41 Å². The average molecular weight is 843 g/mol. The van der Waals surface area contributed by atoms with Crippen molar-refractivity contribution in [1.82, 2.24) is 0 Å². The topological polar surface area (TPSA) is 0 Å². The molecular formula is C66H50. The van der Waals surface area contributed by atoms with Crippen molar-refractivity contribution < 1.29 is 0 Å². The van der Waals surface area contributed by atoms with Gasteiger partial charge in [-0.05, 0) is 129 Å². The van der Waals surface area contributed by atoms with Gasteiger partial charge < -0.3 is 0 Å². The average Bonchev–Trinajstić information content (AvgIpc) is 3.89. The van der Waals surface area contributed by atoms with E-state index in [0.29, 0.717) is 0 Å². The maximum Gasteiger partial charge on any atom is 0.0713 e. The molecule has 0 heterocycles. The molecule has 0 saturated heterocycles. The molecular weight excluding hydrogens is 793 g/mol. The van der Waals surface area contributed by atoms with E-state index in [0.717, 1.165) is 0 Å². The summed E-state index contributed by atoms with van der Waals surface area (Å²) in [5.74, 6) is -0.0645. The van der Waals surface area contributed by atoms with Crippen LogP contribution in [0.3, 0.4) is 0 Å². The van der Waals surface area contributed by atoms with Crippen LogP contribution >= 0.6 is 0 Å². The van der Waals surface area contributed by atoms with E-state index in [2.05, 4.69) is 252 Å². The minimum Gasteiger partial charge on any atom is -0.0622 e. The smallest absolute Gasteiger partial charge is 0.0622 e. The summed E-state index contributed by atoms with van der Waals surface area (Å²) < 4.78 is 0. The van der Waals surface area contributed by atoms with Crippen LogP contribution in [0.25, 0.3) is 55.3 Å².